The van der Waals surface area contributed by atoms with Gasteiger partial charge in [0.25, 0.3) is 0 Å². The Kier molecular flexibility index (Phi) is 7.36. The summed E-state index contributed by atoms with van der Waals surface area (Å²) in [7, 11) is 2.06. The van der Waals surface area contributed by atoms with Crippen molar-refractivity contribution >= 4 is 46.7 Å². The smallest absolute Gasteiger partial charge is 0.227 e. The molecule has 7 rings (SSSR count). The van der Waals surface area contributed by atoms with E-state index in [1.807, 2.05) is 17.9 Å². The summed E-state index contributed by atoms with van der Waals surface area (Å²) < 4.78 is 2.11. The van der Waals surface area contributed by atoms with Crippen LogP contribution in [0.5, 0.6) is 0 Å². The number of anilines is 1. The average molecular weight is 575 g/mol. The van der Waals surface area contributed by atoms with Crippen LogP contribution in [0, 0.1) is 12.8 Å². The molecule has 2 atom stereocenters. The number of pyridine rings is 1. The van der Waals surface area contributed by atoms with Gasteiger partial charge in [-0.25, -0.2) is 0 Å². The number of likely N-dealkylation sites (tertiary alicyclic amines) is 1. The van der Waals surface area contributed by atoms with Gasteiger partial charge in [-0.15, -0.1) is 22.6 Å². The number of piperidine rings is 1. The van der Waals surface area contributed by atoms with Gasteiger partial charge in [0.2, 0.25) is 5.91 Å². The third kappa shape index (κ3) is 4.80. The zero-order valence-corrected chi connectivity index (χ0v) is 24.7. The second kappa shape index (κ2) is 10.8. The number of rotatable bonds is 8. The molecule has 3 aliphatic rings. The van der Waals surface area contributed by atoms with Crippen LogP contribution in [0.1, 0.15) is 36.9 Å². The molecule has 208 valence electrons. The van der Waals surface area contributed by atoms with Gasteiger partial charge in [0.1, 0.15) is 0 Å². The minimum Gasteiger partial charge on any atom is -0.312 e. The number of hydrogen-bond donors (Lipinski definition) is 0. The Labute approximate surface area is 245 Å². The molecule has 1 amide bonds. The van der Waals surface area contributed by atoms with Crippen LogP contribution in [0.4, 0.5) is 5.69 Å². The summed E-state index contributed by atoms with van der Waals surface area (Å²) in [5.74, 6) is 2.93. The van der Waals surface area contributed by atoms with Crippen LogP contribution in [-0.4, -0.2) is 62.5 Å². The molecule has 2 saturated heterocycles. The van der Waals surface area contributed by atoms with Crippen molar-refractivity contribution in [2.45, 2.75) is 43.2 Å². The first-order chi connectivity index (χ1) is 19.0. The van der Waals surface area contributed by atoms with E-state index in [0.29, 0.717) is 11.8 Å². The van der Waals surface area contributed by atoms with Gasteiger partial charge in [0, 0.05) is 66.6 Å². The van der Waals surface area contributed by atoms with E-state index in [9.17, 15) is 4.79 Å². The predicted octanol–water partition coefficient (Wildman–Crippen LogP) is 5.64. The van der Waals surface area contributed by atoms with E-state index in [1.165, 1.54) is 18.5 Å². The molecule has 0 N–H and O–H groups in total. The maximum absolute atomic E-state index is 12.1. The topological polar surface area (TPSA) is 67.2 Å². The normalized spacial score (nSPS) is 22.1. The van der Waals surface area contributed by atoms with Crippen LogP contribution < -0.4 is 4.90 Å². The standard InChI is InChI=1S/C31H34N6OS.ClH/c1-21-9-14-25-26(6-3-7-27(25)32-21)29-33-34-30(35(29)2)39-17-5-15-36-19-23-18-31(23,20-36)22-10-12-24(13-11-22)37-16-4-8-28(37)38;/h3,6-7,9-14,23H,4-5,8,15-20H2,1-2H3;1H/t23-,31+;/m1./s1. The second-order valence-corrected chi connectivity index (χ2v) is 12.4. The first-order valence-electron chi connectivity index (χ1n) is 14.0. The lowest BCUT2D eigenvalue weighted by Crippen LogP contribution is -2.28. The van der Waals surface area contributed by atoms with E-state index >= 15 is 0 Å². The number of nitrogens with zero attached hydrogens (tertiary/aromatic N) is 6. The van der Waals surface area contributed by atoms with Crippen molar-refractivity contribution in [2.75, 3.05) is 36.8 Å². The molecule has 0 unspecified atom stereocenters. The highest BCUT2D eigenvalue weighted by Gasteiger charge is 2.60. The van der Waals surface area contributed by atoms with E-state index in [2.05, 4.69) is 80.2 Å². The lowest BCUT2D eigenvalue weighted by molar-refractivity contribution is -0.117. The van der Waals surface area contributed by atoms with Crippen LogP contribution in [0.15, 0.2) is 59.8 Å². The number of carbonyl (C=O) groups excluding carboxylic acids is 1. The molecule has 0 spiro atoms. The van der Waals surface area contributed by atoms with Crippen LogP contribution in [-0.2, 0) is 17.3 Å². The highest BCUT2D eigenvalue weighted by molar-refractivity contribution is 7.99. The minimum atomic E-state index is 0. The fraction of sp³-hybridized carbons (Fsp3) is 0.419. The third-order valence-corrected chi connectivity index (χ3v) is 9.95. The van der Waals surface area contributed by atoms with Gasteiger partial charge in [0.15, 0.2) is 11.0 Å². The third-order valence-electron chi connectivity index (χ3n) is 8.84. The van der Waals surface area contributed by atoms with Gasteiger partial charge >= 0.3 is 0 Å². The lowest BCUT2D eigenvalue weighted by atomic mass is 9.94. The quantitative estimate of drug-likeness (QED) is 0.200. The summed E-state index contributed by atoms with van der Waals surface area (Å²) in [6.07, 6.45) is 4.08. The molecular weight excluding hydrogens is 540 g/mol. The summed E-state index contributed by atoms with van der Waals surface area (Å²) in [6, 6.07) is 19.3. The number of aryl methyl sites for hydroxylation is 1. The number of carbonyl (C=O) groups is 1. The molecule has 2 aromatic heterocycles. The number of hydrogen-bond acceptors (Lipinski definition) is 6. The zero-order valence-electron chi connectivity index (χ0n) is 23.0. The molecule has 0 bridgehead atoms. The molecule has 2 aliphatic heterocycles. The van der Waals surface area contributed by atoms with E-state index in [1.54, 1.807) is 11.8 Å². The monoisotopic (exact) mass is 574 g/mol. The molecule has 4 heterocycles. The Bertz CT molecular complexity index is 1560. The fourth-order valence-corrected chi connectivity index (χ4v) is 7.51. The van der Waals surface area contributed by atoms with E-state index in [4.69, 9.17) is 0 Å². The molecule has 7 nitrogen and oxygen atoms in total. The van der Waals surface area contributed by atoms with Gasteiger partial charge in [-0.3, -0.25) is 9.78 Å². The van der Waals surface area contributed by atoms with E-state index in [0.717, 1.165) is 83.0 Å². The Morgan fingerprint density at radius 3 is 2.73 bits per heavy atom. The van der Waals surface area contributed by atoms with E-state index < -0.39 is 0 Å². The molecule has 1 aliphatic carbocycles. The largest absolute Gasteiger partial charge is 0.312 e. The molecule has 1 saturated carbocycles. The van der Waals surface area contributed by atoms with Crippen molar-refractivity contribution in [3.63, 3.8) is 0 Å². The van der Waals surface area contributed by atoms with E-state index in [-0.39, 0.29) is 18.3 Å². The van der Waals surface area contributed by atoms with Gasteiger partial charge in [0.05, 0.1) is 5.52 Å². The van der Waals surface area contributed by atoms with Crippen LogP contribution in [0.3, 0.4) is 0 Å². The molecule has 3 fully saturated rings. The van der Waals surface area contributed by atoms with Gasteiger partial charge in [-0.05, 0) is 68.5 Å². The molecular formula is C31H35ClN6OS. The van der Waals surface area contributed by atoms with Crippen molar-refractivity contribution in [3.05, 3.63) is 65.9 Å². The number of benzene rings is 2. The molecule has 2 aromatic carbocycles. The second-order valence-electron chi connectivity index (χ2n) is 11.4. The predicted molar refractivity (Wildman–Crippen MR) is 163 cm³/mol. The number of amides is 1. The Hall–Kier alpha value is -2.94. The summed E-state index contributed by atoms with van der Waals surface area (Å²) in [5, 5.41) is 11.1. The first kappa shape index (κ1) is 27.2. The van der Waals surface area contributed by atoms with Crippen molar-refractivity contribution in [1.82, 2.24) is 24.6 Å². The van der Waals surface area contributed by atoms with Crippen LogP contribution >= 0.6 is 24.2 Å². The summed E-state index contributed by atoms with van der Waals surface area (Å²) in [6.45, 7) is 6.33. The number of thioether (sulfide) groups is 1. The van der Waals surface area contributed by atoms with Crippen molar-refractivity contribution in [3.8, 4) is 11.4 Å². The Morgan fingerprint density at radius 1 is 1.07 bits per heavy atom. The first-order valence-corrected chi connectivity index (χ1v) is 15.0. The molecule has 40 heavy (non-hydrogen) atoms. The maximum Gasteiger partial charge on any atom is 0.227 e. The molecule has 0 radical (unpaired) electrons. The number of halogens is 1. The van der Waals surface area contributed by atoms with Crippen molar-refractivity contribution in [2.24, 2.45) is 13.0 Å². The zero-order chi connectivity index (χ0) is 26.6. The fourth-order valence-electron chi connectivity index (χ4n) is 6.68. The van der Waals surface area contributed by atoms with Crippen molar-refractivity contribution < 1.29 is 4.79 Å². The van der Waals surface area contributed by atoms with Gasteiger partial charge in [-0.2, -0.15) is 0 Å². The van der Waals surface area contributed by atoms with Gasteiger partial charge < -0.3 is 14.4 Å². The van der Waals surface area contributed by atoms with Gasteiger partial charge in [-0.1, -0.05) is 42.1 Å². The average Bonchev–Trinajstić information content (AvgIpc) is 3.23. The highest BCUT2D eigenvalue weighted by Crippen LogP contribution is 2.59. The van der Waals surface area contributed by atoms with Crippen LogP contribution in [0.25, 0.3) is 22.3 Å². The Morgan fingerprint density at radius 2 is 1.93 bits per heavy atom. The molecule has 4 aromatic rings. The molecule has 9 heteroatoms. The summed E-state index contributed by atoms with van der Waals surface area (Å²) in [5.41, 5.74) is 5.91. The highest BCUT2D eigenvalue weighted by atomic mass is 35.5. The van der Waals surface area contributed by atoms with Crippen LogP contribution in [0.2, 0.25) is 0 Å². The lowest BCUT2D eigenvalue weighted by Gasteiger charge is -2.22. The maximum atomic E-state index is 12.1. The summed E-state index contributed by atoms with van der Waals surface area (Å²) in [4.78, 5) is 21.3. The minimum absolute atomic E-state index is 0. The number of fused-ring (bicyclic) bond motifs is 2. The van der Waals surface area contributed by atoms with Crippen molar-refractivity contribution in [1.29, 1.82) is 0 Å². The number of aromatic nitrogens is 4. The summed E-state index contributed by atoms with van der Waals surface area (Å²) >= 11 is 1.79. The Balaban J connectivity index is 0.00000289. The SMILES string of the molecule is Cc1ccc2c(-c3nnc(SCCCN4C[C@H]5C[C@@]5(c5ccc(N6CCCC6=O)cc5)C4)n3C)cccc2n1.Cl.